The maximum atomic E-state index is 10.9. The van der Waals surface area contributed by atoms with Crippen LogP contribution in [0.2, 0.25) is 0 Å². The van der Waals surface area contributed by atoms with Gasteiger partial charge in [-0.3, -0.25) is 0 Å². The molecule has 2 unspecified atom stereocenters. The number of nitrogens with zero attached hydrogens (tertiary/aromatic N) is 2. The van der Waals surface area contributed by atoms with Gasteiger partial charge in [-0.2, -0.15) is 10.2 Å². The maximum Gasteiger partial charge on any atom is 0.333 e. The van der Waals surface area contributed by atoms with Crippen LogP contribution in [-0.4, -0.2) is 33.2 Å². The summed E-state index contributed by atoms with van der Waals surface area (Å²) in [7, 11) is 0. The summed E-state index contributed by atoms with van der Waals surface area (Å²) in [6, 6.07) is 0. The molecule has 0 aliphatic heterocycles. The van der Waals surface area contributed by atoms with Gasteiger partial charge in [0.15, 0.2) is 11.1 Å². The Morgan fingerprint density at radius 1 is 0.938 bits per heavy atom. The van der Waals surface area contributed by atoms with Gasteiger partial charge in [-0.25, -0.2) is 9.59 Å². The third kappa shape index (κ3) is 3.01. The molecule has 0 bridgehead atoms. The summed E-state index contributed by atoms with van der Waals surface area (Å²) < 4.78 is 0. The lowest BCUT2D eigenvalue weighted by Gasteiger charge is -2.21. The van der Waals surface area contributed by atoms with Crippen molar-refractivity contribution in [2.75, 3.05) is 0 Å². The van der Waals surface area contributed by atoms with Crippen LogP contribution in [0.25, 0.3) is 0 Å². The number of carboxylic acids is 2. The quantitative estimate of drug-likeness (QED) is 0.681. The van der Waals surface area contributed by atoms with E-state index in [1.54, 1.807) is 13.8 Å². The molecular weight excluding hydrogens is 212 g/mol. The van der Waals surface area contributed by atoms with E-state index in [1.807, 2.05) is 0 Å². The summed E-state index contributed by atoms with van der Waals surface area (Å²) in [5.74, 6) is -2.22. The highest BCUT2D eigenvalue weighted by molar-refractivity contribution is 5.79. The van der Waals surface area contributed by atoms with Crippen molar-refractivity contribution in [1.29, 1.82) is 0 Å². The number of rotatable bonds is 6. The van der Waals surface area contributed by atoms with Gasteiger partial charge in [0.05, 0.1) is 0 Å². The zero-order chi connectivity index (χ0) is 13.0. The predicted octanol–water partition coefficient (Wildman–Crippen LogP) is 1.95. The van der Waals surface area contributed by atoms with Crippen molar-refractivity contribution in [3.63, 3.8) is 0 Å². The van der Waals surface area contributed by atoms with Crippen LogP contribution in [0.3, 0.4) is 0 Å². The van der Waals surface area contributed by atoms with Crippen LogP contribution in [0.1, 0.15) is 40.5 Å². The number of carbonyl (C=O) groups is 2. The van der Waals surface area contributed by atoms with E-state index in [2.05, 4.69) is 10.2 Å². The molecule has 0 saturated carbocycles. The number of azo groups is 1. The molecule has 0 saturated heterocycles. The van der Waals surface area contributed by atoms with E-state index >= 15 is 0 Å². The molecule has 0 aromatic heterocycles. The van der Waals surface area contributed by atoms with E-state index in [9.17, 15) is 9.59 Å². The molecule has 0 aromatic rings. The topological polar surface area (TPSA) is 99.3 Å². The highest BCUT2D eigenvalue weighted by Crippen LogP contribution is 2.22. The van der Waals surface area contributed by atoms with Crippen molar-refractivity contribution in [3.8, 4) is 0 Å². The molecule has 0 rings (SSSR count). The minimum absolute atomic E-state index is 0.255. The monoisotopic (exact) mass is 230 g/mol. The third-order valence-electron chi connectivity index (χ3n) is 2.79. The van der Waals surface area contributed by atoms with E-state index in [4.69, 9.17) is 10.2 Å². The summed E-state index contributed by atoms with van der Waals surface area (Å²) in [6.45, 7) is 6.15. The second kappa shape index (κ2) is 5.05. The molecule has 0 aliphatic carbocycles. The van der Waals surface area contributed by atoms with Crippen LogP contribution in [-0.2, 0) is 9.59 Å². The average Bonchev–Trinajstić information content (AvgIpc) is 2.24. The summed E-state index contributed by atoms with van der Waals surface area (Å²) in [5, 5.41) is 25.2. The number of carboxylic acid groups (broad SMARTS) is 2. The smallest absolute Gasteiger partial charge is 0.333 e. The second-order valence-electron chi connectivity index (χ2n) is 4.07. The molecule has 6 nitrogen and oxygen atoms in total. The first-order valence-electron chi connectivity index (χ1n) is 5.12. The molecule has 2 N–H and O–H groups in total. The second-order valence-corrected chi connectivity index (χ2v) is 4.07. The highest BCUT2D eigenvalue weighted by atomic mass is 16.4. The Balaban J connectivity index is 5.07. The zero-order valence-electron chi connectivity index (χ0n) is 10.0. The zero-order valence-corrected chi connectivity index (χ0v) is 10.0. The van der Waals surface area contributed by atoms with Crippen LogP contribution < -0.4 is 0 Å². The van der Waals surface area contributed by atoms with Crippen LogP contribution >= 0.6 is 0 Å². The molecule has 2 atom stereocenters. The predicted molar refractivity (Wildman–Crippen MR) is 57.5 cm³/mol. The third-order valence-corrected chi connectivity index (χ3v) is 2.79. The maximum absolute atomic E-state index is 10.9. The summed E-state index contributed by atoms with van der Waals surface area (Å²) >= 11 is 0. The van der Waals surface area contributed by atoms with Gasteiger partial charge in [-0.05, 0) is 26.7 Å². The van der Waals surface area contributed by atoms with Crippen molar-refractivity contribution >= 4 is 11.9 Å². The molecule has 0 aliphatic rings. The van der Waals surface area contributed by atoms with E-state index < -0.39 is 23.0 Å². The van der Waals surface area contributed by atoms with Crippen LogP contribution in [0.4, 0.5) is 0 Å². The molecule has 92 valence electrons. The van der Waals surface area contributed by atoms with Gasteiger partial charge in [0.25, 0.3) is 0 Å². The van der Waals surface area contributed by atoms with E-state index in [0.29, 0.717) is 0 Å². The van der Waals surface area contributed by atoms with Crippen molar-refractivity contribution < 1.29 is 19.8 Å². The first-order chi connectivity index (χ1) is 7.22. The molecule has 0 spiro atoms. The molecule has 16 heavy (non-hydrogen) atoms. The van der Waals surface area contributed by atoms with Gasteiger partial charge in [-0.1, -0.05) is 13.8 Å². The van der Waals surface area contributed by atoms with Gasteiger partial charge < -0.3 is 10.2 Å². The average molecular weight is 230 g/mol. The van der Waals surface area contributed by atoms with Gasteiger partial charge in [0.2, 0.25) is 0 Å². The van der Waals surface area contributed by atoms with Crippen LogP contribution in [0.15, 0.2) is 10.2 Å². The Morgan fingerprint density at radius 2 is 1.19 bits per heavy atom. The summed E-state index contributed by atoms with van der Waals surface area (Å²) in [5.41, 5.74) is -2.71. The molecule has 0 radical (unpaired) electrons. The standard InChI is InChI=1S/C10H18N2O4/c1-5-9(3,7(13)14)11-12-10(4,6-2)8(15)16/h5-6H2,1-4H3,(H,13,14)(H,15,16). The Hall–Kier alpha value is -1.46. The minimum Gasteiger partial charge on any atom is -0.479 e. The lowest BCUT2D eigenvalue weighted by atomic mass is 9.99. The molecule has 0 aromatic carbocycles. The molecular formula is C10H18N2O4. The summed E-state index contributed by atoms with van der Waals surface area (Å²) in [4.78, 5) is 21.9. The number of hydrogen-bond acceptors (Lipinski definition) is 4. The van der Waals surface area contributed by atoms with Crippen molar-refractivity contribution in [2.45, 2.75) is 51.6 Å². The van der Waals surface area contributed by atoms with E-state index in [-0.39, 0.29) is 12.8 Å². The fourth-order valence-electron chi connectivity index (χ4n) is 0.750. The number of hydrogen-bond donors (Lipinski definition) is 2. The van der Waals surface area contributed by atoms with Gasteiger partial charge in [0.1, 0.15) is 0 Å². The van der Waals surface area contributed by atoms with E-state index in [1.165, 1.54) is 13.8 Å². The molecule has 0 heterocycles. The minimum atomic E-state index is -1.36. The first kappa shape index (κ1) is 14.5. The fourth-order valence-corrected chi connectivity index (χ4v) is 0.750. The largest absolute Gasteiger partial charge is 0.479 e. The first-order valence-corrected chi connectivity index (χ1v) is 5.12. The van der Waals surface area contributed by atoms with E-state index in [0.717, 1.165) is 0 Å². The molecule has 0 amide bonds. The van der Waals surface area contributed by atoms with Crippen molar-refractivity contribution in [1.82, 2.24) is 0 Å². The Kier molecular flexibility index (Phi) is 4.59. The van der Waals surface area contributed by atoms with Crippen LogP contribution in [0.5, 0.6) is 0 Å². The van der Waals surface area contributed by atoms with Crippen molar-refractivity contribution in [2.24, 2.45) is 10.2 Å². The summed E-state index contributed by atoms with van der Waals surface area (Å²) in [6.07, 6.45) is 0.510. The fraction of sp³-hybridized carbons (Fsp3) is 0.800. The molecule has 0 fully saturated rings. The SMILES string of the molecule is CCC(C)(N=NC(C)(CC)C(=O)O)C(=O)O. The number of aliphatic carboxylic acids is 2. The van der Waals surface area contributed by atoms with Crippen LogP contribution in [0, 0.1) is 0 Å². The Bertz CT molecular complexity index is 286. The lowest BCUT2D eigenvalue weighted by Crippen LogP contribution is -2.36. The van der Waals surface area contributed by atoms with Crippen molar-refractivity contribution in [3.05, 3.63) is 0 Å². The molecule has 6 heteroatoms. The normalized spacial score (nSPS) is 19.0. The highest BCUT2D eigenvalue weighted by Gasteiger charge is 2.35. The Morgan fingerprint density at radius 3 is 1.31 bits per heavy atom. The van der Waals surface area contributed by atoms with Gasteiger partial charge in [-0.15, -0.1) is 0 Å². The van der Waals surface area contributed by atoms with Gasteiger partial charge >= 0.3 is 11.9 Å². The van der Waals surface area contributed by atoms with Gasteiger partial charge in [0, 0.05) is 0 Å². The lowest BCUT2D eigenvalue weighted by molar-refractivity contribution is -0.145. The Labute approximate surface area is 94.4 Å².